The molecule has 0 aliphatic rings. The number of amides is 1. The Kier molecular flexibility index (Phi) is 4.95. The van der Waals surface area contributed by atoms with Gasteiger partial charge in [-0.1, -0.05) is 0 Å². The standard InChI is InChI=1S/C9H16N2O3/c1-9(2,3)14-8(13)11-6-7(12)4-5-10/h7,12H,4,6H2,1-3H3,(H,11,13)/t7-/m0/s1. The van der Waals surface area contributed by atoms with Crippen molar-refractivity contribution in [2.45, 2.75) is 38.9 Å². The third-order valence-corrected chi connectivity index (χ3v) is 1.21. The van der Waals surface area contributed by atoms with E-state index in [9.17, 15) is 4.79 Å². The minimum atomic E-state index is -0.840. The SMILES string of the molecule is CC(C)(C)OC(=O)NC[C@@H](O)CC#N. The monoisotopic (exact) mass is 200 g/mol. The van der Waals surface area contributed by atoms with Crippen molar-refractivity contribution in [3.8, 4) is 6.07 Å². The molecule has 80 valence electrons. The Morgan fingerprint density at radius 1 is 1.64 bits per heavy atom. The highest BCUT2D eigenvalue weighted by atomic mass is 16.6. The zero-order chi connectivity index (χ0) is 11.2. The Morgan fingerprint density at radius 2 is 2.21 bits per heavy atom. The van der Waals surface area contributed by atoms with Gasteiger partial charge in [0.1, 0.15) is 5.60 Å². The predicted octanol–water partition coefficient (Wildman–Crippen LogP) is 0.786. The number of nitrogens with zero attached hydrogens (tertiary/aromatic N) is 1. The van der Waals surface area contributed by atoms with Crippen LogP contribution in [-0.4, -0.2) is 29.4 Å². The van der Waals surface area contributed by atoms with Gasteiger partial charge < -0.3 is 15.2 Å². The molecule has 0 saturated heterocycles. The number of carbonyl (C=O) groups is 1. The summed E-state index contributed by atoms with van der Waals surface area (Å²) in [5.41, 5.74) is -0.551. The van der Waals surface area contributed by atoms with Gasteiger partial charge in [-0.25, -0.2) is 4.79 Å². The van der Waals surface area contributed by atoms with Gasteiger partial charge in [0.2, 0.25) is 0 Å². The minimum Gasteiger partial charge on any atom is -0.444 e. The molecule has 0 bridgehead atoms. The topological polar surface area (TPSA) is 82.3 Å². The lowest BCUT2D eigenvalue weighted by Crippen LogP contribution is -2.36. The van der Waals surface area contributed by atoms with Gasteiger partial charge in [-0.2, -0.15) is 5.26 Å². The van der Waals surface area contributed by atoms with Gasteiger partial charge in [0.15, 0.2) is 0 Å². The van der Waals surface area contributed by atoms with Crippen LogP contribution in [-0.2, 0) is 4.74 Å². The molecule has 0 aromatic carbocycles. The Labute approximate surface area is 83.7 Å². The first kappa shape index (κ1) is 12.7. The molecule has 5 nitrogen and oxygen atoms in total. The van der Waals surface area contributed by atoms with Gasteiger partial charge in [0, 0.05) is 6.54 Å². The molecular formula is C9H16N2O3. The highest BCUT2D eigenvalue weighted by Gasteiger charge is 2.16. The molecule has 1 amide bonds. The van der Waals surface area contributed by atoms with Crippen molar-refractivity contribution >= 4 is 6.09 Å². The molecule has 0 unspecified atom stereocenters. The zero-order valence-electron chi connectivity index (χ0n) is 8.70. The molecule has 1 atom stereocenters. The van der Waals surface area contributed by atoms with E-state index in [-0.39, 0.29) is 13.0 Å². The zero-order valence-corrected chi connectivity index (χ0v) is 8.70. The Bertz CT molecular complexity index is 227. The Balaban J connectivity index is 3.71. The van der Waals surface area contributed by atoms with Gasteiger partial charge in [-0.3, -0.25) is 0 Å². The van der Waals surface area contributed by atoms with Crippen LogP contribution in [0.5, 0.6) is 0 Å². The number of hydrogen-bond acceptors (Lipinski definition) is 4. The van der Waals surface area contributed by atoms with Gasteiger partial charge >= 0.3 is 6.09 Å². The summed E-state index contributed by atoms with van der Waals surface area (Å²) in [6.07, 6.45) is -1.43. The van der Waals surface area contributed by atoms with Crippen LogP contribution in [0.2, 0.25) is 0 Å². The van der Waals surface area contributed by atoms with Crippen LogP contribution < -0.4 is 5.32 Å². The lowest BCUT2D eigenvalue weighted by Gasteiger charge is -2.20. The van der Waals surface area contributed by atoms with Crippen molar-refractivity contribution < 1.29 is 14.6 Å². The van der Waals surface area contributed by atoms with Crippen LogP contribution in [0.3, 0.4) is 0 Å². The van der Waals surface area contributed by atoms with E-state index in [0.29, 0.717) is 0 Å². The second-order valence-corrected chi connectivity index (χ2v) is 3.90. The molecule has 0 aliphatic carbocycles. The summed E-state index contributed by atoms with van der Waals surface area (Å²) in [4.78, 5) is 11.0. The van der Waals surface area contributed by atoms with E-state index in [0.717, 1.165) is 0 Å². The first-order chi connectivity index (χ1) is 6.35. The smallest absolute Gasteiger partial charge is 0.407 e. The second kappa shape index (κ2) is 5.45. The van der Waals surface area contributed by atoms with Crippen molar-refractivity contribution in [2.24, 2.45) is 0 Å². The molecule has 0 spiro atoms. The third kappa shape index (κ3) is 7.37. The number of alkyl carbamates (subject to hydrolysis) is 1. The number of aliphatic hydroxyl groups is 1. The van der Waals surface area contributed by atoms with Gasteiger partial charge in [0.25, 0.3) is 0 Å². The van der Waals surface area contributed by atoms with E-state index in [1.807, 2.05) is 0 Å². The van der Waals surface area contributed by atoms with Crippen molar-refractivity contribution in [3.05, 3.63) is 0 Å². The molecular weight excluding hydrogens is 184 g/mol. The maximum Gasteiger partial charge on any atom is 0.407 e. The molecule has 0 rings (SSSR count). The highest BCUT2D eigenvalue weighted by Crippen LogP contribution is 2.06. The summed E-state index contributed by atoms with van der Waals surface area (Å²) in [5, 5.41) is 19.7. The van der Waals surface area contributed by atoms with E-state index in [4.69, 9.17) is 15.1 Å². The molecule has 14 heavy (non-hydrogen) atoms. The van der Waals surface area contributed by atoms with E-state index in [1.54, 1.807) is 26.8 Å². The van der Waals surface area contributed by atoms with Crippen LogP contribution >= 0.6 is 0 Å². The molecule has 0 fully saturated rings. The van der Waals surface area contributed by atoms with Crippen molar-refractivity contribution in [3.63, 3.8) is 0 Å². The van der Waals surface area contributed by atoms with E-state index >= 15 is 0 Å². The maximum atomic E-state index is 11.0. The molecule has 0 radical (unpaired) electrons. The largest absolute Gasteiger partial charge is 0.444 e. The Morgan fingerprint density at radius 3 is 2.64 bits per heavy atom. The number of nitrogens with one attached hydrogen (secondary N) is 1. The quantitative estimate of drug-likeness (QED) is 0.705. The first-order valence-corrected chi connectivity index (χ1v) is 4.37. The van der Waals surface area contributed by atoms with Crippen LogP contribution in [0, 0.1) is 11.3 Å². The molecule has 5 heteroatoms. The predicted molar refractivity (Wildman–Crippen MR) is 50.5 cm³/mol. The third-order valence-electron chi connectivity index (χ3n) is 1.21. The first-order valence-electron chi connectivity index (χ1n) is 4.37. The van der Waals surface area contributed by atoms with Gasteiger partial charge in [0.05, 0.1) is 18.6 Å². The fourth-order valence-electron chi connectivity index (χ4n) is 0.693. The van der Waals surface area contributed by atoms with Gasteiger partial charge in [-0.05, 0) is 20.8 Å². The summed E-state index contributed by atoms with van der Waals surface area (Å²) >= 11 is 0. The summed E-state index contributed by atoms with van der Waals surface area (Å²) in [5.74, 6) is 0. The van der Waals surface area contributed by atoms with Crippen LogP contribution in [0.4, 0.5) is 4.79 Å². The Hall–Kier alpha value is -1.28. The van der Waals surface area contributed by atoms with Crippen molar-refractivity contribution in [1.82, 2.24) is 5.32 Å². The molecule has 0 heterocycles. The molecule has 0 saturated carbocycles. The summed E-state index contributed by atoms with van der Waals surface area (Å²) in [6.45, 7) is 5.28. The van der Waals surface area contributed by atoms with Crippen LogP contribution in [0.15, 0.2) is 0 Å². The average Bonchev–Trinajstić information content (AvgIpc) is 1.98. The van der Waals surface area contributed by atoms with Crippen molar-refractivity contribution in [1.29, 1.82) is 5.26 Å². The summed E-state index contributed by atoms with van der Waals surface area (Å²) in [6, 6.07) is 1.80. The van der Waals surface area contributed by atoms with E-state index < -0.39 is 17.8 Å². The average molecular weight is 200 g/mol. The normalized spacial score (nSPS) is 12.8. The number of hydrogen-bond donors (Lipinski definition) is 2. The maximum absolute atomic E-state index is 11.0. The summed E-state index contributed by atoms with van der Waals surface area (Å²) in [7, 11) is 0. The number of rotatable bonds is 3. The number of nitriles is 1. The fraction of sp³-hybridized carbons (Fsp3) is 0.778. The molecule has 0 aromatic rings. The fourth-order valence-corrected chi connectivity index (χ4v) is 0.693. The number of ether oxygens (including phenoxy) is 1. The second-order valence-electron chi connectivity index (χ2n) is 3.90. The number of carbonyl (C=O) groups excluding carboxylic acids is 1. The summed E-state index contributed by atoms with van der Waals surface area (Å²) < 4.78 is 4.92. The highest BCUT2D eigenvalue weighted by molar-refractivity contribution is 5.67. The molecule has 0 aromatic heterocycles. The van der Waals surface area contributed by atoms with Gasteiger partial charge in [-0.15, -0.1) is 0 Å². The lowest BCUT2D eigenvalue weighted by molar-refractivity contribution is 0.0493. The van der Waals surface area contributed by atoms with E-state index in [2.05, 4.69) is 5.32 Å². The minimum absolute atomic E-state index is 0.00417. The number of aliphatic hydroxyl groups excluding tert-OH is 1. The molecule has 2 N–H and O–H groups in total. The van der Waals surface area contributed by atoms with Crippen LogP contribution in [0.25, 0.3) is 0 Å². The van der Waals surface area contributed by atoms with Crippen molar-refractivity contribution in [2.75, 3.05) is 6.54 Å². The molecule has 0 aliphatic heterocycles. The van der Waals surface area contributed by atoms with E-state index in [1.165, 1.54) is 0 Å². The lowest BCUT2D eigenvalue weighted by atomic mass is 10.2. The van der Waals surface area contributed by atoms with Crippen LogP contribution in [0.1, 0.15) is 27.2 Å².